The highest BCUT2D eigenvalue weighted by Gasteiger charge is 2.29. The maximum absolute atomic E-state index is 12.6. The second kappa shape index (κ2) is 6.50. The molecule has 0 saturated carbocycles. The van der Waals surface area contributed by atoms with E-state index in [0.29, 0.717) is 39.7 Å². The van der Waals surface area contributed by atoms with Gasteiger partial charge >= 0.3 is 0 Å². The number of anilines is 1. The minimum absolute atomic E-state index is 0.0544. The van der Waals surface area contributed by atoms with Crippen LogP contribution < -0.4 is 5.32 Å². The molecular formula is C14H14Cl2N4OS. The first-order valence-corrected chi connectivity index (χ1v) is 8.26. The third-order valence-corrected chi connectivity index (χ3v) is 4.91. The van der Waals surface area contributed by atoms with Gasteiger partial charge in [0, 0.05) is 13.1 Å². The molecule has 1 aromatic rings. The van der Waals surface area contributed by atoms with E-state index in [0.717, 1.165) is 6.54 Å². The van der Waals surface area contributed by atoms with Crippen LogP contribution in [0.3, 0.4) is 0 Å². The first kappa shape index (κ1) is 15.7. The molecule has 0 radical (unpaired) electrons. The Kier molecular flexibility index (Phi) is 4.63. The fourth-order valence-electron chi connectivity index (χ4n) is 2.19. The monoisotopic (exact) mass is 356 g/mol. The van der Waals surface area contributed by atoms with Gasteiger partial charge in [-0.3, -0.25) is 14.7 Å². The molecule has 8 heteroatoms. The number of para-hydroxylation sites is 1. The summed E-state index contributed by atoms with van der Waals surface area (Å²) in [5, 5.41) is 4.06. The number of rotatable bonds is 2. The van der Waals surface area contributed by atoms with Gasteiger partial charge < -0.3 is 5.32 Å². The summed E-state index contributed by atoms with van der Waals surface area (Å²) in [7, 11) is 1.95. The zero-order valence-electron chi connectivity index (χ0n) is 11.8. The Hall–Kier alpha value is -1.21. The van der Waals surface area contributed by atoms with Gasteiger partial charge in [-0.25, -0.2) is 4.31 Å². The van der Waals surface area contributed by atoms with Crippen LogP contribution >= 0.6 is 35.1 Å². The summed E-state index contributed by atoms with van der Waals surface area (Å²) in [6, 6.07) is 5.24. The van der Waals surface area contributed by atoms with E-state index >= 15 is 0 Å². The minimum atomic E-state index is -0.0544. The SMILES string of the molecule is CN1CC=C(C(=O)N2CCN=C2Nc2c(Cl)cccc2Cl)S1. The molecule has 5 nitrogen and oxygen atoms in total. The van der Waals surface area contributed by atoms with Crippen molar-refractivity contribution < 1.29 is 4.79 Å². The lowest BCUT2D eigenvalue weighted by Gasteiger charge is -2.20. The van der Waals surface area contributed by atoms with E-state index in [1.165, 1.54) is 11.9 Å². The molecular weight excluding hydrogens is 343 g/mol. The quantitative estimate of drug-likeness (QED) is 0.827. The average Bonchev–Trinajstić information content (AvgIpc) is 3.11. The maximum Gasteiger partial charge on any atom is 0.268 e. The van der Waals surface area contributed by atoms with Crippen LogP contribution in [0, 0.1) is 0 Å². The number of amides is 1. The smallest absolute Gasteiger partial charge is 0.268 e. The van der Waals surface area contributed by atoms with E-state index in [2.05, 4.69) is 10.3 Å². The average molecular weight is 357 g/mol. The molecule has 0 atom stereocenters. The molecule has 0 fully saturated rings. The fraction of sp³-hybridized carbons (Fsp3) is 0.286. The van der Waals surface area contributed by atoms with Crippen molar-refractivity contribution in [2.24, 2.45) is 4.99 Å². The summed E-state index contributed by atoms with van der Waals surface area (Å²) in [5.74, 6) is 0.428. The third kappa shape index (κ3) is 3.10. The number of hydrogen-bond donors (Lipinski definition) is 1. The summed E-state index contributed by atoms with van der Waals surface area (Å²) in [6.07, 6.45) is 1.92. The topological polar surface area (TPSA) is 47.9 Å². The summed E-state index contributed by atoms with van der Waals surface area (Å²) < 4.78 is 2.00. The molecule has 1 amide bonds. The van der Waals surface area contributed by atoms with Crippen LogP contribution in [0.1, 0.15) is 0 Å². The molecule has 1 aromatic carbocycles. The van der Waals surface area contributed by atoms with Gasteiger partial charge in [-0.1, -0.05) is 29.3 Å². The maximum atomic E-state index is 12.6. The first-order valence-electron chi connectivity index (χ1n) is 6.73. The van der Waals surface area contributed by atoms with E-state index in [1.54, 1.807) is 23.1 Å². The van der Waals surface area contributed by atoms with Crippen molar-refractivity contribution in [2.45, 2.75) is 0 Å². The van der Waals surface area contributed by atoms with Crippen molar-refractivity contribution in [3.8, 4) is 0 Å². The van der Waals surface area contributed by atoms with E-state index in [9.17, 15) is 4.79 Å². The van der Waals surface area contributed by atoms with Gasteiger partial charge in [0.15, 0.2) is 0 Å². The van der Waals surface area contributed by atoms with Crippen LogP contribution in [0.25, 0.3) is 0 Å². The molecule has 2 aliphatic heterocycles. The molecule has 0 aliphatic carbocycles. The zero-order valence-corrected chi connectivity index (χ0v) is 14.2. The summed E-state index contributed by atoms with van der Waals surface area (Å²) in [6.45, 7) is 1.87. The van der Waals surface area contributed by atoms with Gasteiger partial charge in [-0.05, 0) is 37.2 Å². The van der Waals surface area contributed by atoms with E-state index in [1.807, 2.05) is 17.4 Å². The van der Waals surface area contributed by atoms with Gasteiger partial charge in [0.05, 0.1) is 27.2 Å². The minimum Gasteiger partial charge on any atom is -0.323 e. The number of carbonyl (C=O) groups is 1. The van der Waals surface area contributed by atoms with E-state index in [-0.39, 0.29) is 5.91 Å². The van der Waals surface area contributed by atoms with Crippen molar-refractivity contribution in [3.63, 3.8) is 0 Å². The molecule has 0 bridgehead atoms. The fourth-order valence-corrected chi connectivity index (χ4v) is 3.51. The Morgan fingerprint density at radius 3 is 2.73 bits per heavy atom. The standard InChI is InChI=1S/C14H14Cl2N4OS/c1-19-7-5-11(22-19)13(21)20-8-6-17-14(20)18-12-9(15)3-2-4-10(12)16/h2-5H,6-8H2,1H3,(H,17,18). The summed E-state index contributed by atoms with van der Waals surface area (Å²) >= 11 is 13.8. The van der Waals surface area contributed by atoms with Crippen LogP contribution in [0.5, 0.6) is 0 Å². The Morgan fingerprint density at radius 2 is 2.09 bits per heavy atom. The van der Waals surface area contributed by atoms with Gasteiger partial charge in [-0.2, -0.15) is 0 Å². The molecule has 0 aromatic heterocycles. The van der Waals surface area contributed by atoms with Gasteiger partial charge in [0.25, 0.3) is 5.91 Å². The Labute approximate surface area is 143 Å². The predicted molar refractivity (Wildman–Crippen MR) is 92.4 cm³/mol. The summed E-state index contributed by atoms with van der Waals surface area (Å²) in [4.78, 5) is 19.3. The van der Waals surface area contributed by atoms with Gasteiger partial charge in [0.1, 0.15) is 0 Å². The van der Waals surface area contributed by atoms with Crippen LogP contribution in [0.15, 0.2) is 34.2 Å². The van der Waals surface area contributed by atoms with E-state index in [4.69, 9.17) is 23.2 Å². The Bertz CT molecular complexity index is 657. The lowest BCUT2D eigenvalue weighted by molar-refractivity contribution is -0.122. The highest BCUT2D eigenvalue weighted by Crippen LogP contribution is 2.31. The number of hydrogen-bond acceptors (Lipinski definition) is 5. The molecule has 2 aliphatic rings. The Morgan fingerprint density at radius 1 is 1.36 bits per heavy atom. The van der Waals surface area contributed by atoms with Crippen molar-refractivity contribution in [1.29, 1.82) is 0 Å². The normalized spacial score (nSPS) is 18.4. The number of aliphatic imine (C=N–C) groups is 1. The van der Waals surface area contributed by atoms with Crippen molar-refractivity contribution in [1.82, 2.24) is 9.21 Å². The number of nitrogens with zero attached hydrogens (tertiary/aromatic N) is 3. The van der Waals surface area contributed by atoms with Gasteiger partial charge in [-0.15, -0.1) is 0 Å². The van der Waals surface area contributed by atoms with Crippen LogP contribution in [0.2, 0.25) is 10.0 Å². The van der Waals surface area contributed by atoms with Crippen molar-refractivity contribution in [3.05, 3.63) is 39.2 Å². The van der Waals surface area contributed by atoms with E-state index < -0.39 is 0 Å². The molecule has 0 unspecified atom stereocenters. The number of benzene rings is 1. The lowest BCUT2D eigenvalue weighted by Crippen LogP contribution is -2.38. The van der Waals surface area contributed by atoms with Crippen LogP contribution in [0.4, 0.5) is 5.69 Å². The largest absolute Gasteiger partial charge is 0.323 e. The predicted octanol–water partition coefficient (Wildman–Crippen LogP) is 3.08. The van der Waals surface area contributed by atoms with Crippen molar-refractivity contribution >= 4 is 52.7 Å². The molecule has 0 spiro atoms. The highest BCUT2D eigenvalue weighted by molar-refractivity contribution is 8.02. The molecule has 116 valence electrons. The molecule has 3 rings (SSSR count). The molecule has 0 saturated heterocycles. The molecule has 1 N–H and O–H groups in total. The second-order valence-electron chi connectivity index (χ2n) is 4.85. The zero-order chi connectivity index (χ0) is 15.7. The number of carbonyl (C=O) groups excluding carboxylic acids is 1. The highest BCUT2D eigenvalue weighted by atomic mass is 35.5. The van der Waals surface area contributed by atoms with Gasteiger partial charge in [0.2, 0.25) is 5.96 Å². The number of halogens is 2. The first-order chi connectivity index (χ1) is 10.6. The number of likely N-dealkylation sites (N-methyl/N-ethyl adjacent to an activating group) is 1. The number of nitrogens with one attached hydrogen (secondary N) is 1. The Balaban J connectivity index is 1.78. The van der Waals surface area contributed by atoms with Crippen LogP contribution in [-0.4, -0.2) is 47.8 Å². The van der Waals surface area contributed by atoms with Crippen molar-refractivity contribution in [2.75, 3.05) is 32.0 Å². The second-order valence-corrected chi connectivity index (χ2v) is 6.91. The third-order valence-electron chi connectivity index (χ3n) is 3.28. The lowest BCUT2D eigenvalue weighted by atomic mass is 10.3. The number of guanidine groups is 1. The molecule has 22 heavy (non-hydrogen) atoms. The summed E-state index contributed by atoms with van der Waals surface area (Å²) in [5.41, 5.74) is 0.564. The molecule has 2 heterocycles. The van der Waals surface area contributed by atoms with Crippen LogP contribution in [-0.2, 0) is 4.79 Å².